The summed E-state index contributed by atoms with van der Waals surface area (Å²) >= 11 is 0. The number of aryl methyl sites for hydroxylation is 1. The van der Waals surface area contributed by atoms with E-state index < -0.39 is 16.1 Å². The predicted octanol–water partition coefficient (Wildman–Crippen LogP) is 3.15. The van der Waals surface area contributed by atoms with Gasteiger partial charge in [-0.2, -0.15) is 0 Å². The Morgan fingerprint density at radius 2 is 1.59 bits per heavy atom. The van der Waals surface area contributed by atoms with Crippen LogP contribution in [-0.2, 0) is 43.7 Å². The minimum Gasteiger partial charge on any atom is -0.379 e. The summed E-state index contributed by atoms with van der Waals surface area (Å²) in [7, 11) is -3.58. The van der Waals surface area contributed by atoms with E-state index in [0.29, 0.717) is 44.7 Å². The van der Waals surface area contributed by atoms with Crippen molar-refractivity contribution in [3.8, 4) is 0 Å². The van der Waals surface area contributed by atoms with Crippen LogP contribution < -0.4 is 10.0 Å². The number of amides is 2. The molecule has 9 nitrogen and oxygen atoms in total. The van der Waals surface area contributed by atoms with E-state index in [9.17, 15) is 22.4 Å². The van der Waals surface area contributed by atoms with Gasteiger partial charge in [0.25, 0.3) is 0 Å². The van der Waals surface area contributed by atoms with Crippen LogP contribution in [0, 0.1) is 5.82 Å². The molecule has 4 rings (SSSR count). The van der Waals surface area contributed by atoms with E-state index in [-0.39, 0.29) is 42.0 Å². The molecule has 3 aromatic rings. The second-order valence-electron chi connectivity index (χ2n) is 10.7. The molecule has 0 bridgehead atoms. The minimum atomic E-state index is -3.58. The first-order chi connectivity index (χ1) is 21.2. The molecular formula is C33H41FN4O5S. The number of rotatable bonds is 15. The van der Waals surface area contributed by atoms with Crippen molar-refractivity contribution >= 4 is 21.8 Å². The highest BCUT2D eigenvalue weighted by Crippen LogP contribution is 2.18. The Morgan fingerprint density at radius 1 is 0.932 bits per heavy atom. The molecule has 0 saturated carbocycles. The van der Waals surface area contributed by atoms with Crippen molar-refractivity contribution < 1.29 is 27.1 Å². The Hall–Kier alpha value is -3.64. The predicted molar refractivity (Wildman–Crippen MR) is 167 cm³/mol. The Labute approximate surface area is 259 Å². The van der Waals surface area contributed by atoms with E-state index in [2.05, 4.69) is 14.9 Å². The molecule has 236 valence electrons. The van der Waals surface area contributed by atoms with Gasteiger partial charge < -0.3 is 15.0 Å². The fourth-order valence-electron chi connectivity index (χ4n) is 5.12. The summed E-state index contributed by atoms with van der Waals surface area (Å²) in [4.78, 5) is 31.6. The number of ether oxygens (including phenoxy) is 1. The van der Waals surface area contributed by atoms with Crippen LogP contribution in [0.2, 0.25) is 0 Å². The van der Waals surface area contributed by atoms with Gasteiger partial charge in [-0.1, -0.05) is 61.5 Å². The normalized spacial score (nSPS) is 14.6. The average molecular weight is 625 g/mol. The lowest BCUT2D eigenvalue weighted by Gasteiger charge is -2.32. The lowest BCUT2D eigenvalue weighted by Crippen LogP contribution is -2.52. The Kier molecular flexibility index (Phi) is 12.4. The number of morpholine rings is 1. The molecular weight excluding hydrogens is 583 g/mol. The van der Waals surface area contributed by atoms with Gasteiger partial charge in [0, 0.05) is 52.1 Å². The van der Waals surface area contributed by atoms with Gasteiger partial charge in [-0.05, 0) is 47.4 Å². The molecule has 1 atom stereocenters. The molecule has 1 aliphatic heterocycles. The summed E-state index contributed by atoms with van der Waals surface area (Å²) in [6, 6.07) is 21.1. The van der Waals surface area contributed by atoms with Crippen LogP contribution in [0.5, 0.6) is 0 Å². The van der Waals surface area contributed by atoms with Gasteiger partial charge in [-0.3, -0.25) is 14.5 Å². The molecule has 1 unspecified atom stereocenters. The maximum atomic E-state index is 13.9. The topological polar surface area (TPSA) is 108 Å². The van der Waals surface area contributed by atoms with Crippen molar-refractivity contribution in [2.45, 2.75) is 43.7 Å². The molecule has 1 aliphatic rings. The SMILES string of the molecule is CCNS(=O)(=O)c1ccc(CCC(=O)N(Cc2ccc(F)cc2)C(Cc2ccccc2)C(=O)NCCN2CCOCC2)cc1. The highest BCUT2D eigenvalue weighted by Gasteiger charge is 2.30. The number of nitrogens with zero attached hydrogens (tertiary/aromatic N) is 2. The largest absolute Gasteiger partial charge is 0.379 e. The van der Waals surface area contributed by atoms with E-state index in [4.69, 9.17) is 4.74 Å². The lowest BCUT2D eigenvalue weighted by molar-refractivity contribution is -0.141. The summed E-state index contributed by atoms with van der Waals surface area (Å²) in [5, 5.41) is 3.05. The Morgan fingerprint density at radius 3 is 2.25 bits per heavy atom. The number of sulfonamides is 1. The molecule has 11 heteroatoms. The van der Waals surface area contributed by atoms with Crippen molar-refractivity contribution in [2.24, 2.45) is 0 Å². The average Bonchev–Trinajstić information content (AvgIpc) is 3.03. The molecule has 3 aromatic carbocycles. The minimum absolute atomic E-state index is 0.104. The standard InChI is InChI=1S/C33H41FN4O5S/c1-2-36-44(41,42)30-15-10-26(11-16-30)12-17-32(39)38(25-28-8-13-29(34)14-9-28)31(24-27-6-4-3-5-7-27)33(40)35-18-19-37-20-22-43-23-21-37/h3-11,13-16,31,36H,2,12,17-25H2,1H3,(H,35,40). The van der Waals surface area contributed by atoms with E-state index in [0.717, 1.165) is 24.2 Å². The number of benzene rings is 3. The molecule has 2 N–H and O–H groups in total. The van der Waals surface area contributed by atoms with Crippen LogP contribution >= 0.6 is 0 Å². The molecule has 44 heavy (non-hydrogen) atoms. The van der Waals surface area contributed by atoms with Crippen LogP contribution in [0.25, 0.3) is 0 Å². The maximum Gasteiger partial charge on any atom is 0.243 e. The van der Waals surface area contributed by atoms with E-state index in [1.54, 1.807) is 36.1 Å². The molecule has 0 aliphatic carbocycles. The van der Waals surface area contributed by atoms with Crippen molar-refractivity contribution in [1.29, 1.82) is 0 Å². The van der Waals surface area contributed by atoms with E-state index in [1.165, 1.54) is 24.3 Å². The van der Waals surface area contributed by atoms with Crippen LogP contribution in [0.3, 0.4) is 0 Å². The summed E-state index contributed by atoms with van der Waals surface area (Å²) in [5.41, 5.74) is 2.41. The monoisotopic (exact) mass is 624 g/mol. The molecule has 2 amide bonds. The highest BCUT2D eigenvalue weighted by molar-refractivity contribution is 7.89. The van der Waals surface area contributed by atoms with Gasteiger partial charge >= 0.3 is 0 Å². The molecule has 1 fully saturated rings. The first-order valence-corrected chi connectivity index (χ1v) is 16.5. The van der Waals surface area contributed by atoms with Crippen LogP contribution in [0.15, 0.2) is 83.8 Å². The van der Waals surface area contributed by atoms with Gasteiger partial charge in [-0.25, -0.2) is 17.5 Å². The maximum absolute atomic E-state index is 13.9. The second kappa shape index (κ2) is 16.4. The smallest absolute Gasteiger partial charge is 0.243 e. The molecule has 0 aromatic heterocycles. The number of carbonyl (C=O) groups excluding carboxylic acids is 2. The molecule has 1 heterocycles. The van der Waals surface area contributed by atoms with Gasteiger partial charge in [0.2, 0.25) is 21.8 Å². The van der Waals surface area contributed by atoms with Crippen LogP contribution in [0.1, 0.15) is 30.0 Å². The van der Waals surface area contributed by atoms with Gasteiger partial charge in [-0.15, -0.1) is 0 Å². The number of hydrogen-bond donors (Lipinski definition) is 2. The third-order valence-corrected chi connectivity index (χ3v) is 9.13. The Bertz CT molecular complexity index is 1450. The summed E-state index contributed by atoms with van der Waals surface area (Å²) in [5.74, 6) is -0.869. The lowest BCUT2D eigenvalue weighted by atomic mass is 10.0. The van der Waals surface area contributed by atoms with E-state index >= 15 is 0 Å². The first kappa shape index (κ1) is 33.3. The first-order valence-electron chi connectivity index (χ1n) is 15.0. The van der Waals surface area contributed by atoms with Gasteiger partial charge in [0.1, 0.15) is 11.9 Å². The zero-order chi connectivity index (χ0) is 31.4. The van der Waals surface area contributed by atoms with Crippen LogP contribution in [0.4, 0.5) is 4.39 Å². The second-order valence-corrected chi connectivity index (χ2v) is 12.5. The number of halogens is 1. The fourth-order valence-corrected chi connectivity index (χ4v) is 6.16. The van der Waals surface area contributed by atoms with Gasteiger partial charge in [0.15, 0.2) is 0 Å². The fraction of sp³-hybridized carbons (Fsp3) is 0.394. The molecule has 0 radical (unpaired) electrons. The zero-order valence-corrected chi connectivity index (χ0v) is 25.9. The van der Waals surface area contributed by atoms with E-state index in [1.807, 2.05) is 30.3 Å². The molecule has 0 spiro atoms. The van der Waals surface area contributed by atoms with Crippen molar-refractivity contribution in [1.82, 2.24) is 19.8 Å². The van der Waals surface area contributed by atoms with Gasteiger partial charge in [0.05, 0.1) is 18.1 Å². The van der Waals surface area contributed by atoms with Crippen molar-refractivity contribution in [3.63, 3.8) is 0 Å². The number of nitrogens with one attached hydrogen (secondary N) is 2. The Balaban J connectivity index is 1.53. The highest BCUT2D eigenvalue weighted by atomic mass is 32.2. The quantitative estimate of drug-likeness (QED) is 0.269. The van der Waals surface area contributed by atoms with Crippen molar-refractivity contribution in [3.05, 3.63) is 101 Å². The number of carbonyl (C=O) groups is 2. The van der Waals surface area contributed by atoms with Crippen LogP contribution in [-0.4, -0.2) is 82.0 Å². The zero-order valence-electron chi connectivity index (χ0n) is 25.1. The summed E-state index contributed by atoms with van der Waals surface area (Å²) < 4.78 is 46.2. The summed E-state index contributed by atoms with van der Waals surface area (Å²) in [6.45, 7) is 6.19. The third kappa shape index (κ3) is 9.95. The third-order valence-electron chi connectivity index (χ3n) is 7.56. The molecule has 1 saturated heterocycles. The number of hydrogen-bond acceptors (Lipinski definition) is 6. The van der Waals surface area contributed by atoms with Crippen molar-refractivity contribution in [2.75, 3.05) is 45.9 Å². The summed E-state index contributed by atoms with van der Waals surface area (Å²) in [6.07, 6.45) is 0.776.